The molecule has 134 valence electrons. The number of benzene rings is 4. The summed E-state index contributed by atoms with van der Waals surface area (Å²) >= 11 is 1.76. The summed E-state index contributed by atoms with van der Waals surface area (Å²) in [5, 5.41) is 22.1. The van der Waals surface area contributed by atoms with E-state index in [4.69, 9.17) is 0 Å². The molecule has 1 heterocycles. The van der Waals surface area contributed by atoms with Gasteiger partial charge in [0.15, 0.2) is 0 Å². The van der Waals surface area contributed by atoms with Crippen molar-refractivity contribution in [3.63, 3.8) is 0 Å². The number of hydrogen-bond acceptors (Lipinski definition) is 3. The number of hydrogen-bond donors (Lipinski definition) is 2. The van der Waals surface area contributed by atoms with Gasteiger partial charge in [0.25, 0.3) is 0 Å². The summed E-state index contributed by atoms with van der Waals surface area (Å²) in [6.07, 6.45) is 0. The molecule has 0 saturated carbocycles. The monoisotopic (exact) mass is 380 g/mol. The van der Waals surface area contributed by atoms with Crippen LogP contribution in [0.3, 0.4) is 0 Å². The highest BCUT2D eigenvalue weighted by Gasteiger charge is 2.19. The lowest BCUT2D eigenvalue weighted by atomic mass is 9.75. The van der Waals surface area contributed by atoms with Crippen LogP contribution in [0.25, 0.3) is 42.4 Å². The number of rotatable bonds is 3. The molecule has 2 N–H and O–H groups in total. The van der Waals surface area contributed by atoms with E-state index in [9.17, 15) is 10.0 Å². The van der Waals surface area contributed by atoms with Gasteiger partial charge >= 0.3 is 7.12 Å². The summed E-state index contributed by atoms with van der Waals surface area (Å²) in [6.45, 7) is 0. The maximum Gasteiger partial charge on any atom is 0.489 e. The molecule has 5 aromatic rings. The van der Waals surface area contributed by atoms with Gasteiger partial charge in [-0.3, -0.25) is 0 Å². The van der Waals surface area contributed by atoms with Crippen molar-refractivity contribution in [2.45, 2.75) is 0 Å². The van der Waals surface area contributed by atoms with Gasteiger partial charge in [0.2, 0.25) is 0 Å². The van der Waals surface area contributed by atoms with Gasteiger partial charge in [-0.05, 0) is 27.7 Å². The van der Waals surface area contributed by atoms with E-state index >= 15 is 0 Å². The van der Waals surface area contributed by atoms with Crippen LogP contribution in [-0.4, -0.2) is 17.2 Å². The highest BCUT2D eigenvalue weighted by atomic mass is 32.1. The second-order valence-corrected chi connectivity index (χ2v) is 7.81. The number of fused-ring (bicyclic) bond motifs is 3. The minimum atomic E-state index is -1.50. The zero-order valence-corrected chi connectivity index (χ0v) is 15.9. The predicted octanol–water partition coefficient (Wildman–Crippen LogP) is 5.07. The van der Waals surface area contributed by atoms with Gasteiger partial charge in [-0.1, -0.05) is 91.0 Å². The quantitative estimate of drug-likeness (QED) is 0.429. The highest BCUT2D eigenvalue weighted by molar-refractivity contribution is 7.26. The first-order valence-electron chi connectivity index (χ1n) is 9.19. The molecule has 4 heteroatoms. The number of thiophene rings is 1. The van der Waals surface area contributed by atoms with E-state index in [0.717, 1.165) is 15.8 Å². The predicted molar refractivity (Wildman–Crippen MR) is 120 cm³/mol. The minimum Gasteiger partial charge on any atom is -0.423 e. The molecule has 0 atom stereocenters. The average Bonchev–Trinajstić information content (AvgIpc) is 3.13. The van der Waals surface area contributed by atoms with E-state index in [1.807, 2.05) is 30.3 Å². The van der Waals surface area contributed by atoms with Crippen LogP contribution in [0.15, 0.2) is 91.0 Å². The van der Waals surface area contributed by atoms with E-state index in [0.29, 0.717) is 5.46 Å². The fraction of sp³-hybridized carbons (Fsp3) is 0. The molecular weight excluding hydrogens is 363 g/mol. The summed E-state index contributed by atoms with van der Waals surface area (Å²) in [4.78, 5) is 0. The van der Waals surface area contributed by atoms with E-state index in [-0.39, 0.29) is 0 Å². The lowest BCUT2D eigenvalue weighted by Gasteiger charge is -2.09. The Hall–Kier alpha value is -2.92. The maximum atomic E-state index is 9.83. The fourth-order valence-electron chi connectivity index (χ4n) is 3.84. The largest absolute Gasteiger partial charge is 0.489 e. The molecule has 1 aromatic heterocycles. The smallest absolute Gasteiger partial charge is 0.423 e. The third-order valence-corrected chi connectivity index (χ3v) is 6.43. The molecule has 2 nitrogen and oxygen atoms in total. The van der Waals surface area contributed by atoms with Crippen molar-refractivity contribution < 1.29 is 10.0 Å². The highest BCUT2D eigenvalue weighted by Crippen LogP contribution is 2.43. The molecule has 0 spiro atoms. The van der Waals surface area contributed by atoms with Gasteiger partial charge in [-0.2, -0.15) is 0 Å². The van der Waals surface area contributed by atoms with Crippen molar-refractivity contribution in [3.8, 4) is 22.3 Å². The summed E-state index contributed by atoms with van der Waals surface area (Å²) in [6, 6.07) is 30.6. The van der Waals surface area contributed by atoms with E-state index in [1.54, 1.807) is 17.4 Å². The third-order valence-electron chi connectivity index (χ3n) is 5.14. The lowest BCUT2D eigenvalue weighted by molar-refractivity contribution is 0.426. The van der Waals surface area contributed by atoms with Crippen LogP contribution < -0.4 is 5.46 Å². The average molecular weight is 380 g/mol. The Morgan fingerprint density at radius 2 is 1.11 bits per heavy atom. The zero-order valence-electron chi connectivity index (χ0n) is 15.0. The fourth-order valence-corrected chi connectivity index (χ4v) is 5.21. The van der Waals surface area contributed by atoms with Crippen LogP contribution in [0.4, 0.5) is 0 Å². The Morgan fingerprint density at radius 1 is 0.536 bits per heavy atom. The topological polar surface area (TPSA) is 40.5 Å². The van der Waals surface area contributed by atoms with Crippen LogP contribution in [-0.2, 0) is 0 Å². The van der Waals surface area contributed by atoms with Crippen molar-refractivity contribution in [2.24, 2.45) is 0 Å². The molecule has 0 radical (unpaired) electrons. The van der Waals surface area contributed by atoms with Gasteiger partial charge in [-0.25, -0.2) is 0 Å². The first-order chi connectivity index (χ1) is 13.7. The second-order valence-electron chi connectivity index (χ2n) is 6.79. The van der Waals surface area contributed by atoms with Gasteiger partial charge in [-0.15, -0.1) is 11.3 Å². The van der Waals surface area contributed by atoms with Crippen molar-refractivity contribution in [1.29, 1.82) is 0 Å². The standard InChI is InChI=1S/C24H17BO2S/c26-25(27)22-15-5-4-10-18(22)19-12-7-14-21-20-13-6-11-17(23(20)28-24(19)21)16-8-2-1-3-9-16/h1-15,26-27H. The van der Waals surface area contributed by atoms with Gasteiger partial charge in [0, 0.05) is 20.2 Å². The van der Waals surface area contributed by atoms with Crippen LogP contribution in [0.2, 0.25) is 0 Å². The maximum absolute atomic E-state index is 9.83. The second kappa shape index (κ2) is 6.91. The first-order valence-corrected chi connectivity index (χ1v) is 10.0. The third kappa shape index (κ3) is 2.74. The molecule has 0 saturated heterocycles. The summed E-state index contributed by atoms with van der Waals surface area (Å²) in [5.41, 5.74) is 4.83. The lowest BCUT2D eigenvalue weighted by Crippen LogP contribution is -2.31. The molecule has 0 aliphatic carbocycles. The van der Waals surface area contributed by atoms with Gasteiger partial charge in [0.1, 0.15) is 0 Å². The van der Waals surface area contributed by atoms with Gasteiger partial charge < -0.3 is 10.0 Å². The molecule has 5 rings (SSSR count). The van der Waals surface area contributed by atoms with Crippen molar-refractivity contribution in [1.82, 2.24) is 0 Å². The van der Waals surface area contributed by atoms with Gasteiger partial charge in [0.05, 0.1) is 0 Å². The molecular formula is C24H17BO2S. The van der Waals surface area contributed by atoms with Crippen molar-refractivity contribution in [3.05, 3.63) is 91.0 Å². The molecule has 0 bridgehead atoms. The Bertz CT molecular complexity index is 1290. The van der Waals surface area contributed by atoms with Crippen molar-refractivity contribution >= 4 is 44.1 Å². The molecule has 4 aromatic carbocycles. The van der Waals surface area contributed by atoms with Crippen LogP contribution in [0.1, 0.15) is 0 Å². The Labute approximate surface area is 167 Å². The SMILES string of the molecule is OB(O)c1ccccc1-c1cccc2c1sc1c(-c3ccccc3)cccc12. The van der Waals surface area contributed by atoms with Crippen LogP contribution >= 0.6 is 11.3 Å². The summed E-state index contributed by atoms with van der Waals surface area (Å²) in [5.74, 6) is 0. The molecule has 0 fully saturated rings. The summed E-state index contributed by atoms with van der Waals surface area (Å²) < 4.78 is 2.41. The minimum absolute atomic E-state index is 0.524. The van der Waals surface area contributed by atoms with Crippen LogP contribution in [0, 0.1) is 0 Å². The molecule has 0 amide bonds. The zero-order chi connectivity index (χ0) is 19.1. The Balaban J connectivity index is 1.83. The normalized spacial score (nSPS) is 11.2. The van der Waals surface area contributed by atoms with E-state index in [1.165, 1.54) is 26.6 Å². The van der Waals surface area contributed by atoms with E-state index in [2.05, 4.69) is 54.6 Å². The first kappa shape index (κ1) is 17.2. The molecule has 0 aliphatic heterocycles. The molecule has 0 aliphatic rings. The molecule has 28 heavy (non-hydrogen) atoms. The van der Waals surface area contributed by atoms with Crippen LogP contribution in [0.5, 0.6) is 0 Å². The Morgan fingerprint density at radius 3 is 1.82 bits per heavy atom. The van der Waals surface area contributed by atoms with Crippen molar-refractivity contribution in [2.75, 3.05) is 0 Å². The van der Waals surface area contributed by atoms with E-state index < -0.39 is 7.12 Å². The Kier molecular flexibility index (Phi) is 4.25. The summed E-state index contributed by atoms with van der Waals surface area (Å²) in [7, 11) is -1.50. The molecule has 0 unspecified atom stereocenters.